The molecule has 0 spiro atoms. The average Bonchev–Trinajstić information content (AvgIpc) is 1.98. The summed E-state index contributed by atoms with van der Waals surface area (Å²) in [6.07, 6.45) is 2.65. The molecule has 0 saturated heterocycles. The highest BCUT2D eigenvalue weighted by molar-refractivity contribution is 5.69. The van der Waals surface area contributed by atoms with Gasteiger partial charge in [0, 0.05) is 12.5 Å². The third-order valence-corrected chi connectivity index (χ3v) is 2.21. The van der Waals surface area contributed by atoms with E-state index in [1.165, 1.54) is 0 Å². The lowest BCUT2D eigenvalue weighted by atomic mass is 9.78. The molecule has 1 rings (SSSR count). The molecule has 0 aromatic heterocycles. The smallest absolute Gasteiger partial charge is 0.306 e. The second-order valence-electron chi connectivity index (χ2n) is 3.01. The molecule has 1 aliphatic carbocycles. The minimum Gasteiger partial charge on any atom is -0.466 e. The van der Waals surface area contributed by atoms with E-state index in [0.717, 1.165) is 12.8 Å². The number of carbonyl (C=O) groups is 1. The zero-order valence-corrected chi connectivity index (χ0v) is 6.88. The van der Waals surface area contributed by atoms with Crippen molar-refractivity contribution in [2.45, 2.75) is 32.2 Å². The largest absolute Gasteiger partial charge is 0.466 e. The van der Waals surface area contributed by atoms with E-state index in [1.807, 2.05) is 6.92 Å². The normalized spacial score (nSPS) is 29.3. The Morgan fingerprint density at radius 3 is 2.73 bits per heavy atom. The van der Waals surface area contributed by atoms with E-state index < -0.39 is 0 Å². The Hall–Kier alpha value is -0.570. The van der Waals surface area contributed by atoms with Crippen LogP contribution in [0.5, 0.6) is 0 Å². The van der Waals surface area contributed by atoms with Gasteiger partial charge in [0.25, 0.3) is 0 Å². The number of hydrogen-bond donors (Lipinski definition) is 1. The summed E-state index contributed by atoms with van der Waals surface area (Å²) in [5.41, 5.74) is 5.66. The fourth-order valence-electron chi connectivity index (χ4n) is 1.28. The second kappa shape index (κ2) is 3.72. The van der Waals surface area contributed by atoms with Crippen molar-refractivity contribution in [1.82, 2.24) is 0 Å². The third kappa shape index (κ3) is 2.19. The van der Waals surface area contributed by atoms with Crippen LogP contribution in [0.4, 0.5) is 0 Å². The van der Waals surface area contributed by atoms with Crippen LogP contribution in [0.15, 0.2) is 0 Å². The first kappa shape index (κ1) is 8.53. The van der Waals surface area contributed by atoms with E-state index in [0.29, 0.717) is 18.9 Å². The number of rotatable bonds is 3. The quantitative estimate of drug-likeness (QED) is 0.613. The van der Waals surface area contributed by atoms with Gasteiger partial charge in [-0.05, 0) is 25.7 Å². The minimum atomic E-state index is -0.104. The molecule has 0 bridgehead atoms. The molecular weight excluding hydrogens is 142 g/mol. The first-order valence-corrected chi connectivity index (χ1v) is 4.15. The van der Waals surface area contributed by atoms with Crippen LogP contribution in [0.2, 0.25) is 0 Å². The monoisotopic (exact) mass is 157 g/mol. The van der Waals surface area contributed by atoms with Gasteiger partial charge in [0.2, 0.25) is 0 Å². The van der Waals surface area contributed by atoms with Crippen molar-refractivity contribution in [3.05, 3.63) is 0 Å². The second-order valence-corrected chi connectivity index (χ2v) is 3.01. The Balaban J connectivity index is 2.14. The first-order valence-electron chi connectivity index (χ1n) is 4.15. The summed E-state index contributed by atoms with van der Waals surface area (Å²) in [6.45, 7) is 2.29. The fourth-order valence-corrected chi connectivity index (χ4v) is 1.28. The molecule has 1 fully saturated rings. The number of esters is 1. The summed E-state index contributed by atoms with van der Waals surface area (Å²) in [6, 6.07) is 0.236. The molecule has 1 aliphatic rings. The Labute approximate surface area is 66.9 Å². The maximum absolute atomic E-state index is 10.9. The standard InChI is InChI=1S/C8H15NO2/c1-2-11-8(10)5-6-3-4-7(6)9/h6-7H,2-5,9H2,1H3/t6-,7-/m0/s1. The molecule has 0 unspecified atom stereocenters. The van der Waals surface area contributed by atoms with Gasteiger partial charge < -0.3 is 10.5 Å². The van der Waals surface area contributed by atoms with Crippen LogP contribution in [0.3, 0.4) is 0 Å². The van der Waals surface area contributed by atoms with Crippen molar-refractivity contribution >= 4 is 5.97 Å². The van der Waals surface area contributed by atoms with Crippen molar-refractivity contribution in [1.29, 1.82) is 0 Å². The predicted molar refractivity (Wildman–Crippen MR) is 41.9 cm³/mol. The molecule has 64 valence electrons. The van der Waals surface area contributed by atoms with Crippen LogP contribution >= 0.6 is 0 Å². The molecule has 3 heteroatoms. The molecule has 2 atom stereocenters. The summed E-state index contributed by atoms with van der Waals surface area (Å²) in [5.74, 6) is 0.279. The maximum Gasteiger partial charge on any atom is 0.306 e. The highest BCUT2D eigenvalue weighted by atomic mass is 16.5. The lowest BCUT2D eigenvalue weighted by molar-refractivity contribution is -0.145. The van der Waals surface area contributed by atoms with E-state index in [2.05, 4.69) is 0 Å². The van der Waals surface area contributed by atoms with Gasteiger partial charge in [0.15, 0.2) is 0 Å². The molecule has 0 aliphatic heterocycles. The van der Waals surface area contributed by atoms with Crippen LogP contribution in [0.1, 0.15) is 26.2 Å². The van der Waals surface area contributed by atoms with Crippen LogP contribution in [0, 0.1) is 5.92 Å². The van der Waals surface area contributed by atoms with Gasteiger partial charge in [-0.3, -0.25) is 4.79 Å². The number of carbonyl (C=O) groups excluding carboxylic acids is 1. The maximum atomic E-state index is 10.9. The average molecular weight is 157 g/mol. The molecule has 0 aromatic rings. The number of hydrogen-bond acceptors (Lipinski definition) is 3. The zero-order valence-electron chi connectivity index (χ0n) is 6.88. The Morgan fingerprint density at radius 2 is 2.36 bits per heavy atom. The first-order chi connectivity index (χ1) is 5.24. The molecule has 0 amide bonds. The summed E-state index contributed by atoms with van der Waals surface area (Å²) in [7, 11) is 0. The van der Waals surface area contributed by atoms with Crippen molar-refractivity contribution in [3.63, 3.8) is 0 Å². The predicted octanol–water partition coefficient (Wildman–Crippen LogP) is 0.677. The fraction of sp³-hybridized carbons (Fsp3) is 0.875. The molecule has 1 saturated carbocycles. The van der Waals surface area contributed by atoms with E-state index in [-0.39, 0.29) is 12.0 Å². The summed E-state index contributed by atoms with van der Waals surface area (Å²) >= 11 is 0. The van der Waals surface area contributed by atoms with Gasteiger partial charge in [0.1, 0.15) is 0 Å². The zero-order chi connectivity index (χ0) is 8.27. The van der Waals surface area contributed by atoms with E-state index >= 15 is 0 Å². The topological polar surface area (TPSA) is 52.3 Å². The van der Waals surface area contributed by atoms with Crippen LogP contribution in [-0.4, -0.2) is 18.6 Å². The molecule has 0 radical (unpaired) electrons. The van der Waals surface area contributed by atoms with Gasteiger partial charge in [-0.15, -0.1) is 0 Å². The van der Waals surface area contributed by atoms with E-state index in [1.54, 1.807) is 0 Å². The summed E-state index contributed by atoms with van der Waals surface area (Å²) in [4.78, 5) is 10.9. The SMILES string of the molecule is CCOC(=O)C[C@@H]1CC[C@@H]1N. The molecule has 11 heavy (non-hydrogen) atoms. The van der Waals surface area contributed by atoms with Crippen LogP contribution in [0.25, 0.3) is 0 Å². The molecule has 0 aromatic carbocycles. The van der Waals surface area contributed by atoms with E-state index in [4.69, 9.17) is 10.5 Å². The van der Waals surface area contributed by atoms with Crippen molar-refractivity contribution in [2.24, 2.45) is 11.7 Å². The van der Waals surface area contributed by atoms with Crippen molar-refractivity contribution in [2.75, 3.05) is 6.61 Å². The van der Waals surface area contributed by atoms with Crippen molar-refractivity contribution in [3.8, 4) is 0 Å². The van der Waals surface area contributed by atoms with Crippen molar-refractivity contribution < 1.29 is 9.53 Å². The lowest BCUT2D eigenvalue weighted by Gasteiger charge is -2.32. The molecular formula is C8H15NO2. The van der Waals surface area contributed by atoms with Gasteiger partial charge in [-0.2, -0.15) is 0 Å². The lowest BCUT2D eigenvalue weighted by Crippen LogP contribution is -2.40. The van der Waals surface area contributed by atoms with Gasteiger partial charge >= 0.3 is 5.97 Å². The molecule has 3 nitrogen and oxygen atoms in total. The Kier molecular flexibility index (Phi) is 2.88. The third-order valence-electron chi connectivity index (χ3n) is 2.21. The summed E-state index contributed by atoms with van der Waals surface area (Å²) in [5, 5.41) is 0. The number of nitrogens with two attached hydrogens (primary N) is 1. The number of ether oxygens (including phenoxy) is 1. The minimum absolute atomic E-state index is 0.104. The molecule has 0 heterocycles. The van der Waals surface area contributed by atoms with E-state index in [9.17, 15) is 4.79 Å². The highest BCUT2D eigenvalue weighted by Crippen LogP contribution is 2.28. The van der Waals surface area contributed by atoms with Gasteiger partial charge in [-0.1, -0.05) is 0 Å². The molecule has 2 N–H and O–H groups in total. The Morgan fingerprint density at radius 1 is 1.64 bits per heavy atom. The highest BCUT2D eigenvalue weighted by Gasteiger charge is 2.29. The summed E-state index contributed by atoms with van der Waals surface area (Å²) < 4.78 is 4.80. The van der Waals surface area contributed by atoms with Crippen LogP contribution in [-0.2, 0) is 9.53 Å². The Bertz CT molecular complexity index is 147. The van der Waals surface area contributed by atoms with Gasteiger partial charge in [-0.25, -0.2) is 0 Å². The van der Waals surface area contributed by atoms with Gasteiger partial charge in [0.05, 0.1) is 6.61 Å². The van der Waals surface area contributed by atoms with Crippen LogP contribution < -0.4 is 5.73 Å².